The Kier molecular flexibility index (Phi) is 2.93. The highest BCUT2D eigenvalue weighted by molar-refractivity contribution is 5.89. The molecule has 1 heterocycles. The van der Waals surface area contributed by atoms with Gasteiger partial charge >= 0.3 is 0 Å². The van der Waals surface area contributed by atoms with Gasteiger partial charge < -0.3 is 10.2 Å². The van der Waals surface area contributed by atoms with Crippen LogP contribution in [0.2, 0.25) is 0 Å². The first-order chi connectivity index (χ1) is 6.53. The van der Waals surface area contributed by atoms with Crippen molar-refractivity contribution in [3.8, 4) is 0 Å². The van der Waals surface area contributed by atoms with Crippen molar-refractivity contribution >= 4 is 11.8 Å². The molecule has 0 saturated carbocycles. The molecule has 1 N–H and O–H groups in total. The lowest BCUT2D eigenvalue weighted by Gasteiger charge is -2.21. The molecule has 1 atom stereocenters. The molecule has 1 saturated heterocycles. The van der Waals surface area contributed by atoms with E-state index in [9.17, 15) is 9.59 Å². The molecule has 0 radical (unpaired) electrons. The van der Waals surface area contributed by atoms with E-state index in [0.717, 1.165) is 0 Å². The first kappa shape index (κ1) is 10.8. The molecule has 0 spiro atoms. The van der Waals surface area contributed by atoms with Crippen LogP contribution in [0.1, 0.15) is 13.3 Å². The second-order valence-corrected chi connectivity index (χ2v) is 3.85. The van der Waals surface area contributed by atoms with E-state index in [4.69, 9.17) is 0 Å². The Morgan fingerprint density at radius 3 is 2.71 bits per heavy atom. The number of carbonyl (C=O) groups excluding carboxylic acids is 2. The summed E-state index contributed by atoms with van der Waals surface area (Å²) in [5, 5.41) is 2.62. The van der Waals surface area contributed by atoms with Crippen LogP contribution < -0.4 is 5.32 Å². The molecule has 14 heavy (non-hydrogen) atoms. The maximum atomic E-state index is 11.5. The Bertz CT molecular complexity index is 275. The molecule has 4 nitrogen and oxygen atoms in total. The first-order valence-corrected chi connectivity index (χ1v) is 4.67. The molecule has 78 valence electrons. The monoisotopic (exact) mass is 196 g/mol. The van der Waals surface area contributed by atoms with Gasteiger partial charge in [-0.15, -0.1) is 0 Å². The molecule has 2 amide bonds. The SMILES string of the molecule is C=CC(=O)N1CCC(C)(C(=O)NC)C1. The summed E-state index contributed by atoms with van der Waals surface area (Å²) in [4.78, 5) is 24.5. The number of nitrogens with zero attached hydrogens (tertiary/aromatic N) is 1. The zero-order valence-electron chi connectivity index (χ0n) is 8.67. The molecule has 1 fully saturated rings. The van der Waals surface area contributed by atoms with Crippen LogP contribution in [0.5, 0.6) is 0 Å². The van der Waals surface area contributed by atoms with Crippen LogP contribution in [0.25, 0.3) is 0 Å². The van der Waals surface area contributed by atoms with Gasteiger partial charge in [0.1, 0.15) is 0 Å². The first-order valence-electron chi connectivity index (χ1n) is 4.67. The normalized spacial score (nSPS) is 26.0. The lowest BCUT2D eigenvalue weighted by molar-refractivity contribution is -0.130. The second kappa shape index (κ2) is 3.82. The second-order valence-electron chi connectivity index (χ2n) is 3.85. The van der Waals surface area contributed by atoms with Crippen LogP contribution in [-0.4, -0.2) is 36.9 Å². The summed E-state index contributed by atoms with van der Waals surface area (Å²) in [6.45, 7) is 6.42. The zero-order valence-corrected chi connectivity index (χ0v) is 8.67. The molecule has 1 rings (SSSR count). The quantitative estimate of drug-likeness (QED) is 0.639. The maximum absolute atomic E-state index is 11.5. The third-order valence-corrected chi connectivity index (χ3v) is 2.73. The number of hydrogen-bond donors (Lipinski definition) is 1. The Labute approximate surface area is 84.0 Å². The lowest BCUT2D eigenvalue weighted by Crippen LogP contribution is -2.40. The van der Waals surface area contributed by atoms with Gasteiger partial charge in [0.2, 0.25) is 11.8 Å². The fourth-order valence-corrected chi connectivity index (χ4v) is 1.77. The van der Waals surface area contributed by atoms with Gasteiger partial charge in [-0.2, -0.15) is 0 Å². The van der Waals surface area contributed by atoms with E-state index in [1.807, 2.05) is 6.92 Å². The van der Waals surface area contributed by atoms with E-state index in [1.165, 1.54) is 6.08 Å². The predicted octanol–water partition coefficient (Wildman–Crippen LogP) is 0.157. The van der Waals surface area contributed by atoms with Gasteiger partial charge in [-0.1, -0.05) is 6.58 Å². The van der Waals surface area contributed by atoms with Crippen molar-refractivity contribution < 1.29 is 9.59 Å². The van der Waals surface area contributed by atoms with E-state index < -0.39 is 5.41 Å². The molecule has 1 aliphatic heterocycles. The fourth-order valence-electron chi connectivity index (χ4n) is 1.77. The Morgan fingerprint density at radius 1 is 1.57 bits per heavy atom. The molecule has 0 aliphatic carbocycles. The van der Waals surface area contributed by atoms with Crippen molar-refractivity contribution in [2.75, 3.05) is 20.1 Å². The third-order valence-electron chi connectivity index (χ3n) is 2.73. The Hall–Kier alpha value is -1.32. The zero-order chi connectivity index (χ0) is 10.8. The Balaban J connectivity index is 2.68. The highest BCUT2D eigenvalue weighted by atomic mass is 16.2. The van der Waals surface area contributed by atoms with E-state index in [1.54, 1.807) is 11.9 Å². The van der Waals surface area contributed by atoms with Crippen LogP contribution in [0.15, 0.2) is 12.7 Å². The summed E-state index contributed by atoms with van der Waals surface area (Å²) in [5.41, 5.74) is -0.437. The summed E-state index contributed by atoms with van der Waals surface area (Å²) in [6, 6.07) is 0. The van der Waals surface area contributed by atoms with Crippen molar-refractivity contribution in [1.82, 2.24) is 10.2 Å². The van der Waals surface area contributed by atoms with Crippen molar-refractivity contribution in [1.29, 1.82) is 0 Å². The average molecular weight is 196 g/mol. The van der Waals surface area contributed by atoms with Gasteiger partial charge in [-0.3, -0.25) is 9.59 Å². The number of likely N-dealkylation sites (tertiary alicyclic amines) is 1. The minimum Gasteiger partial charge on any atom is -0.359 e. The number of amides is 2. The average Bonchev–Trinajstić information content (AvgIpc) is 2.60. The smallest absolute Gasteiger partial charge is 0.245 e. The number of rotatable bonds is 2. The van der Waals surface area contributed by atoms with Crippen molar-refractivity contribution in [3.05, 3.63) is 12.7 Å². The fraction of sp³-hybridized carbons (Fsp3) is 0.600. The highest BCUT2D eigenvalue weighted by Crippen LogP contribution is 2.29. The largest absolute Gasteiger partial charge is 0.359 e. The summed E-state index contributed by atoms with van der Waals surface area (Å²) < 4.78 is 0. The van der Waals surface area contributed by atoms with Gasteiger partial charge in [0.25, 0.3) is 0 Å². The summed E-state index contributed by atoms with van der Waals surface area (Å²) in [5.74, 6) is -0.102. The molecule has 1 unspecified atom stereocenters. The third kappa shape index (κ3) is 1.78. The van der Waals surface area contributed by atoms with Crippen LogP contribution in [0.4, 0.5) is 0 Å². The molecule has 1 aliphatic rings. The van der Waals surface area contributed by atoms with Crippen molar-refractivity contribution in [2.45, 2.75) is 13.3 Å². The number of nitrogens with one attached hydrogen (secondary N) is 1. The minimum atomic E-state index is -0.437. The molecule has 0 aromatic carbocycles. The van der Waals surface area contributed by atoms with Crippen LogP contribution in [0, 0.1) is 5.41 Å². The Morgan fingerprint density at radius 2 is 2.21 bits per heavy atom. The van der Waals surface area contributed by atoms with E-state index in [-0.39, 0.29) is 11.8 Å². The van der Waals surface area contributed by atoms with Crippen molar-refractivity contribution in [3.63, 3.8) is 0 Å². The topological polar surface area (TPSA) is 49.4 Å². The van der Waals surface area contributed by atoms with Crippen LogP contribution >= 0.6 is 0 Å². The highest BCUT2D eigenvalue weighted by Gasteiger charge is 2.40. The van der Waals surface area contributed by atoms with E-state index in [0.29, 0.717) is 19.5 Å². The van der Waals surface area contributed by atoms with E-state index >= 15 is 0 Å². The summed E-state index contributed by atoms with van der Waals surface area (Å²) >= 11 is 0. The van der Waals surface area contributed by atoms with Crippen molar-refractivity contribution in [2.24, 2.45) is 5.41 Å². The summed E-state index contributed by atoms with van der Waals surface area (Å²) in [7, 11) is 1.62. The van der Waals surface area contributed by atoms with Gasteiger partial charge in [-0.05, 0) is 19.4 Å². The minimum absolute atomic E-state index is 0.00291. The standard InChI is InChI=1S/C10H16N2O2/c1-4-8(13)12-6-5-10(2,7-12)9(14)11-3/h4H,1,5-7H2,2-3H3,(H,11,14). The molecular weight excluding hydrogens is 180 g/mol. The van der Waals surface area contributed by atoms with Gasteiger partial charge in [-0.25, -0.2) is 0 Å². The molecule has 0 bridgehead atoms. The summed E-state index contributed by atoms with van der Waals surface area (Å²) in [6.07, 6.45) is 2.00. The van der Waals surface area contributed by atoms with Gasteiger partial charge in [0, 0.05) is 20.1 Å². The maximum Gasteiger partial charge on any atom is 0.245 e. The van der Waals surface area contributed by atoms with E-state index in [2.05, 4.69) is 11.9 Å². The number of hydrogen-bond acceptors (Lipinski definition) is 2. The molecule has 4 heteroatoms. The molecular formula is C10H16N2O2. The number of carbonyl (C=O) groups is 2. The van der Waals surface area contributed by atoms with Crippen LogP contribution in [-0.2, 0) is 9.59 Å². The molecule has 0 aromatic rings. The molecule has 0 aromatic heterocycles. The van der Waals surface area contributed by atoms with Crippen LogP contribution in [0.3, 0.4) is 0 Å². The lowest BCUT2D eigenvalue weighted by atomic mass is 9.89. The predicted molar refractivity (Wildman–Crippen MR) is 53.6 cm³/mol. The van der Waals surface area contributed by atoms with Gasteiger partial charge in [0.05, 0.1) is 5.41 Å². The van der Waals surface area contributed by atoms with Gasteiger partial charge in [0.15, 0.2) is 0 Å².